The number of thiophene rings is 1. The van der Waals surface area contributed by atoms with Gasteiger partial charge < -0.3 is 10.8 Å². The lowest BCUT2D eigenvalue weighted by Crippen LogP contribution is -2.22. The number of nitriles is 1. The number of rotatable bonds is 8. The van der Waals surface area contributed by atoms with Crippen molar-refractivity contribution in [3.8, 4) is 17.3 Å². The molecule has 2 atom stereocenters. The number of fused-ring (bicyclic) bond motifs is 1. The van der Waals surface area contributed by atoms with Crippen LogP contribution >= 0.6 is 34.9 Å². The monoisotopic (exact) mass is 523 g/mol. The summed E-state index contributed by atoms with van der Waals surface area (Å²) in [6.07, 6.45) is 5.51. The number of benzene rings is 1. The van der Waals surface area contributed by atoms with Crippen LogP contribution in [0.2, 0.25) is 0 Å². The predicted octanol–water partition coefficient (Wildman–Crippen LogP) is 6.13. The second kappa shape index (κ2) is 9.92. The number of amidine groups is 1. The number of aromatic nitrogens is 1. The van der Waals surface area contributed by atoms with E-state index in [2.05, 4.69) is 32.9 Å². The normalized spacial score (nSPS) is 18.7. The lowest BCUT2D eigenvalue weighted by atomic mass is 9.92. The third-order valence-corrected chi connectivity index (χ3v) is 9.03. The molecule has 1 aromatic carbocycles. The molecule has 0 amide bonds. The van der Waals surface area contributed by atoms with Gasteiger partial charge in [0.15, 0.2) is 0 Å². The summed E-state index contributed by atoms with van der Waals surface area (Å²) in [5.41, 5.74) is 8.06. The van der Waals surface area contributed by atoms with Crippen LogP contribution in [0.25, 0.3) is 21.3 Å². The Bertz CT molecular complexity index is 1370. The van der Waals surface area contributed by atoms with E-state index in [1.165, 1.54) is 12.8 Å². The van der Waals surface area contributed by atoms with Crippen LogP contribution in [-0.2, 0) is 5.60 Å². The largest absolute Gasteiger partial charge is 0.387 e. The first-order chi connectivity index (χ1) is 16.9. The van der Waals surface area contributed by atoms with Gasteiger partial charge in [0.25, 0.3) is 0 Å². The number of halogens is 1. The highest BCUT2D eigenvalue weighted by molar-refractivity contribution is 7.98. The number of nitrogens with zero attached hydrogens (tertiary/aromatic N) is 3. The highest BCUT2D eigenvalue weighted by atomic mass is 35.5. The highest BCUT2D eigenvalue weighted by Crippen LogP contribution is 2.43. The van der Waals surface area contributed by atoms with Crippen LogP contribution in [0.15, 0.2) is 58.3 Å². The van der Waals surface area contributed by atoms with Gasteiger partial charge in [0, 0.05) is 38.0 Å². The lowest BCUT2D eigenvalue weighted by molar-refractivity contribution is 0.0624. The van der Waals surface area contributed by atoms with Crippen LogP contribution < -0.4 is 10.5 Å². The Kier molecular flexibility index (Phi) is 6.88. The van der Waals surface area contributed by atoms with E-state index in [0.717, 1.165) is 36.9 Å². The number of nitrogens with two attached hydrogens (primary N) is 1. The molecule has 3 aromatic rings. The van der Waals surface area contributed by atoms with Gasteiger partial charge in [-0.15, -0.1) is 11.3 Å². The van der Waals surface area contributed by atoms with Gasteiger partial charge >= 0.3 is 0 Å². The maximum atomic E-state index is 10.7. The fraction of sp³-hybridized carbons (Fsp3) is 0.346. The number of aliphatic hydroxyl groups is 1. The molecule has 2 aliphatic rings. The van der Waals surface area contributed by atoms with E-state index in [-0.39, 0.29) is 12.5 Å². The Labute approximate surface area is 218 Å². The smallest absolute Gasteiger partial charge is 0.0999 e. The summed E-state index contributed by atoms with van der Waals surface area (Å²) >= 11 is 10.1. The summed E-state index contributed by atoms with van der Waals surface area (Å²) in [7, 11) is 0. The Hall–Kier alpha value is -2.41. The molecule has 4 N–H and O–H groups in total. The molecule has 2 unspecified atom stereocenters. The summed E-state index contributed by atoms with van der Waals surface area (Å²) in [6.45, 7) is 1.65. The van der Waals surface area contributed by atoms with E-state index >= 15 is 0 Å². The Morgan fingerprint density at radius 3 is 2.94 bits per heavy atom. The van der Waals surface area contributed by atoms with Crippen molar-refractivity contribution in [2.24, 2.45) is 10.7 Å². The van der Waals surface area contributed by atoms with Gasteiger partial charge in [0.05, 0.1) is 41.4 Å². The third kappa shape index (κ3) is 5.25. The highest BCUT2D eigenvalue weighted by Gasteiger charge is 2.29. The molecule has 0 radical (unpaired) electrons. The van der Waals surface area contributed by atoms with Gasteiger partial charge in [-0.25, -0.2) is 9.71 Å². The first-order valence-electron chi connectivity index (χ1n) is 11.6. The topological polar surface area (TPSA) is 107 Å². The van der Waals surface area contributed by atoms with E-state index in [1.54, 1.807) is 42.5 Å². The first kappa shape index (κ1) is 24.3. The van der Waals surface area contributed by atoms with Crippen molar-refractivity contribution in [2.75, 3.05) is 0 Å². The molecule has 5 rings (SSSR count). The van der Waals surface area contributed by atoms with Crippen molar-refractivity contribution in [2.45, 2.75) is 55.9 Å². The van der Waals surface area contributed by atoms with Gasteiger partial charge in [-0.05, 0) is 55.3 Å². The molecule has 1 fully saturated rings. The summed E-state index contributed by atoms with van der Waals surface area (Å²) in [5.74, 6) is 0.611. The number of aliphatic imine (C=N–C) groups is 1. The molecule has 0 spiro atoms. The minimum Gasteiger partial charge on any atom is -0.387 e. The second-order valence-corrected chi connectivity index (χ2v) is 11.9. The van der Waals surface area contributed by atoms with E-state index in [4.69, 9.17) is 22.6 Å². The molecular weight excluding hydrogens is 498 g/mol. The zero-order chi connectivity index (χ0) is 24.6. The average Bonchev–Trinajstić information content (AvgIpc) is 3.57. The molecule has 0 bridgehead atoms. The van der Waals surface area contributed by atoms with Crippen LogP contribution in [0, 0.1) is 11.3 Å². The van der Waals surface area contributed by atoms with Crippen molar-refractivity contribution in [3.63, 3.8) is 0 Å². The standard InChI is InChI=1S/C26H26ClN5OS2/c1-26(33,10-11-28)16-9-12-30-20(14-16)18-4-2-3-15-13-21(34-25(15)18)24(32-35-17-5-6-17)23-19(27)7-8-22(29)31-23/h2-4,9,12-14,17,24,32-33H,5-8,10H2,1H3,(H2,29,31). The van der Waals surface area contributed by atoms with Gasteiger partial charge in [0.2, 0.25) is 0 Å². The molecule has 1 saturated carbocycles. The molecule has 35 heavy (non-hydrogen) atoms. The fourth-order valence-corrected chi connectivity index (χ4v) is 6.55. The predicted molar refractivity (Wildman–Crippen MR) is 145 cm³/mol. The molecule has 6 nitrogen and oxygen atoms in total. The van der Waals surface area contributed by atoms with Crippen molar-refractivity contribution < 1.29 is 5.11 Å². The van der Waals surface area contributed by atoms with Crippen molar-refractivity contribution >= 4 is 50.8 Å². The molecule has 3 heterocycles. The Morgan fingerprint density at radius 1 is 1.34 bits per heavy atom. The summed E-state index contributed by atoms with van der Waals surface area (Å²) in [5, 5.41) is 22.3. The van der Waals surface area contributed by atoms with E-state index < -0.39 is 5.60 Å². The molecule has 0 saturated heterocycles. The van der Waals surface area contributed by atoms with Gasteiger partial charge in [0.1, 0.15) is 0 Å². The van der Waals surface area contributed by atoms with Crippen LogP contribution in [0.1, 0.15) is 55.5 Å². The zero-order valence-corrected chi connectivity index (χ0v) is 21.7. The maximum absolute atomic E-state index is 10.7. The summed E-state index contributed by atoms with van der Waals surface area (Å²) < 4.78 is 4.72. The lowest BCUT2D eigenvalue weighted by Gasteiger charge is -2.22. The Balaban J connectivity index is 1.57. The van der Waals surface area contributed by atoms with Crippen LogP contribution in [0.5, 0.6) is 0 Å². The molecule has 1 aliphatic heterocycles. The quantitative estimate of drug-likeness (QED) is 0.307. The SMILES string of the molecule is CC(O)(CC#N)c1ccnc(-c2cccc3cc(C(NSC4CC4)C4=C(Cl)CCC(N)=N4)sc23)c1. The van der Waals surface area contributed by atoms with Gasteiger partial charge in [-0.1, -0.05) is 41.7 Å². The van der Waals surface area contributed by atoms with E-state index in [1.807, 2.05) is 18.2 Å². The van der Waals surface area contributed by atoms with E-state index in [0.29, 0.717) is 29.5 Å². The van der Waals surface area contributed by atoms with E-state index in [9.17, 15) is 5.11 Å². The summed E-state index contributed by atoms with van der Waals surface area (Å²) in [4.78, 5) is 10.4. The summed E-state index contributed by atoms with van der Waals surface area (Å²) in [6, 6.07) is 13.9. The van der Waals surface area contributed by atoms with Crippen LogP contribution in [0.4, 0.5) is 0 Å². The van der Waals surface area contributed by atoms with Crippen LogP contribution in [-0.4, -0.2) is 21.2 Å². The number of pyridine rings is 1. The number of allylic oxidation sites excluding steroid dienone is 1. The molecule has 9 heteroatoms. The first-order valence-corrected chi connectivity index (χ1v) is 13.6. The third-order valence-electron chi connectivity index (χ3n) is 6.22. The minimum atomic E-state index is -1.24. The maximum Gasteiger partial charge on any atom is 0.0999 e. The second-order valence-electron chi connectivity index (χ2n) is 9.17. The zero-order valence-electron chi connectivity index (χ0n) is 19.3. The van der Waals surface area contributed by atoms with Gasteiger partial charge in [-0.2, -0.15) is 5.26 Å². The van der Waals surface area contributed by atoms with Gasteiger partial charge in [-0.3, -0.25) is 4.98 Å². The number of nitrogens with one attached hydrogen (secondary N) is 1. The number of hydrogen-bond acceptors (Lipinski definition) is 8. The van der Waals surface area contributed by atoms with Crippen molar-refractivity contribution in [3.05, 3.63) is 63.8 Å². The van der Waals surface area contributed by atoms with Crippen molar-refractivity contribution in [1.82, 2.24) is 9.71 Å². The minimum absolute atomic E-state index is 0.00926. The molecule has 2 aromatic heterocycles. The number of hydrogen-bond donors (Lipinski definition) is 3. The van der Waals surface area contributed by atoms with Crippen molar-refractivity contribution in [1.29, 1.82) is 5.26 Å². The average molecular weight is 524 g/mol. The van der Waals surface area contributed by atoms with Crippen LogP contribution in [0.3, 0.4) is 0 Å². The molecule has 1 aliphatic carbocycles. The fourth-order valence-electron chi connectivity index (χ4n) is 4.05. The molecular formula is C26H26ClN5OS2. The Morgan fingerprint density at radius 2 is 2.17 bits per heavy atom. The molecule has 180 valence electrons.